The Morgan fingerprint density at radius 3 is 2.95 bits per heavy atom. The van der Waals surface area contributed by atoms with Gasteiger partial charge in [-0.05, 0) is 18.4 Å². The summed E-state index contributed by atoms with van der Waals surface area (Å²) >= 11 is 0. The van der Waals surface area contributed by atoms with Gasteiger partial charge in [0.05, 0.1) is 17.6 Å². The quantitative estimate of drug-likeness (QED) is 0.417. The Morgan fingerprint density at radius 2 is 2.25 bits per heavy atom. The van der Waals surface area contributed by atoms with Crippen molar-refractivity contribution in [3.63, 3.8) is 0 Å². The molecule has 0 aliphatic heterocycles. The summed E-state index contributed by atoms with van der Waals surface area (Å²) in [6.45, 7) is 0.406. The van der Waals surface area contributed by atoms with Crippen molar-refractivity contribution in [2.45, 2.75) is 37.6 Å². The number of H-pyrrole nitrogens is 2. The van der Waals surface area contributed by atoms with Gasteiger partial charge in [-0.3, -0.25) is 9.78 Å². The highest BCUT2D eigenvalue weighted by Gasteiger charge is 2.32. The first kappa shape index (κ1) is 13.1. The number of anilines is 1. The molecule has 0 aromatic carbocycles. The van der Waals surface area contributed by atoms with Crippen LogP contribution in [0.1, 0.15) is 18.4 Å². The number of nitrogens with two attached hydrogens (primary N) is 1. The SMILES string of the molecule is Nc1nc2[nH]cc(CN[C@H]3CC[C@H](O)[C@@H]3O)c2c(=O)[nH]1. The van der Waals surface area contributed by atoms with Crippen LogP contribution in [0.4, 0.5) is 5.95 Å². The van der Waals surface area contributed by atoms with E-state index in [9.17, 15) is 15.0 Å². The van der Waals surface area contributed by atoms with E-state index in [-0.39, 0.29) is 17.5 Å². The van der Waals surface area contributed by atoms with E-state index in [1.165, 1.54) is 0 Å². The number of fused-ring (bicyclic) bond motifs is 1. The summed E-state index contributed by atoms with van der Waals surface area (Å²) in [4.78, 5) is 21.3. The van der Waals surface area contributed by atoms with E-state index in [1.807, 2.05) is 0 Å². The van der Waals surface area contributed by atoms with Gasteiger partial charge in [0.1, 0.15) is 5.65 Å². The zero-order valence-electron chi connectivity index (χ0n) is 10.8. The van der Waals surface area contributed by atoms with E-state index < -0.39 is 12.2 Å². The lowest BCUT2D eigenvalue weighted by molar-refractivity contribution is 0.0300. The largest absolute Gasteiger partial charge is 0.390 e. The van der Waals surface area contributed by atoms with Gasteiger partial charge >= 0.3 is 0 Å². The molecule has 0 unspecified atom stereocenters. The highest BCUT2D eigenvalue weighted by Crippen LogP contribution is 2.21. The highest BCUT2D eigenvalue weighted by atomic mass is 16.3. The average molecular weight is 279 g/mol. The van der Waals surface area contributed by atoms with Gasteiger partial charge in [-0.25, -0.2) is 0 Å². The monoisotopic (exact) mass is 279 g/mol. The fourth-order valence-corrected chi connectivity index (χ4v) is 2.68. The summed E-state index contributed by atoms with van der Waals surface area (Å²) in [5, 5.41) is 22.9. The molecule has 0 saturated heterocycles. The van der Waals surface area contributed by atoms with Crippen LogP contribution in [0.15, 0.2) is 11.0 Å². The van der Waals surface area contributed by atoms with Gasteiger partial charge in [-0.1, -0.05) is 0 Å². The Balaban J connectivity index is 1.80. The van der Waals surface area contributed by atoms with Crippen molar-refractivity contribution < 1.29 is 10.2 Å². The van der Waals surface area contributed by atoms with Gasteiger partial charge in [0.25, 0.3) is 5.56 Å². The molecule has 3 atom stereocenters. The number of nitrogens with one attached hydrogen (secondary N) is 3. The molecule has 2 aromatic rings. The van der Waals surface area contributed by atoms with Crippen LogP contribution in [-0.2, 0) is 6.54 Å². The van der Waals surface area contributed by atoms with Crippen LogP contribution in [0.5, 0.6) is 0 Å². The number of nitrogen functional groups attached to an aromatic ring is 1. The van der Waals surface area contributed by atoms with Crippen LogP contribution in [0.25, 0.3) is 11.0 Å². The summed E-state index contributed by atoms with van der Waals surface area (Å²) < 4.78 is 0. The molecule has 8 nitrogen and oxygen atoms in total. The van der Waals surface area contributed by atoms with Crippen LogP contribution in [0, 0.1) is 0 Å². The standard InChI is InChI=1S/C12H17N5O3/c13-12-16-10-8(11(20)17-12)5(4-15-10)3-14-6-1-2-7(18)9(6)19/h4,6-7,9,14,18-19H,1-3H2,(H4,13,15,16,17,20)/t6-,7-,9+/m0/s1. The smallest absolute Gasteiger partial charge is 0.262 e. The van der Waals surface area contributed by atoms with Gasteiger partial charge in [-0.15, -0.1) is 0 Å². The highest BCUT2D eigenvalue weighted by molar-refractivity contribution is 5.79. The zero-order valence-corrected chi connectivity index (χ0v) is 10.8. The van der Waals surface area contributed by atoms with E-state index in [0.29, 0.717) is 30.4 Å². The molecule has 1 aliphatic carbocycles. The predicted molar refractivity (Wildman–Crippen MR) is 73.0 cm³/mol. The van der Waals surface area contributed by atoms with Crippen LogP contribution in [0.2, 0.25) is 0 Å². The molecule has 1 fully saturated rings. The Labute approximate surface area is 114 Å². The van der Waals surface area contributed by atoms with E-state index in [0.717, 1.165) is 5.56 Å². The lowest BCUT2D eigenvalue weighted by atomic mass is 10.2. The van der Waals surface area contributed by atoms with Gasteiger partial charge in [-0.2, -0.15) is 4.98 Å². The molecule has 7 N–H and O–H groups in total. The Hall–Kier alpha value is -1.90. The second-order valence-corrected chi connectivity index (χ2v) is 5.11. The van der Waals surface area contributed by atoms with Gasteiger partial charge in [0, 0.05) is 18.8 Å². The van der Waals surface area contributed by atoms with Crippen molar-refractivity contribution in [1.82, 2.24) is 20.3 Å². The molecule has 3 rings (SSSR count). The van der Waals surface area contributed by atoms with E-state index in [1.54, 1.807) is 6.20 Å². The second-order valence-electron chi connectivity index (χ2n) is 5.11. The maximum atomic E-state index is 11.9. The fraction of sp³-hybridized carbons (Fsp3) is 0.500. The first-order valence-electron chi connectivity index (χ1n) is 6.51. The summed E-state index contributed by atoms with van der Waals surface area (Å²) in [6.07, 6.45) is 1.52. The minimum Gasteiger partial charge on any atom is -0.390 e. The number of hydrogen-bond acceptors (Lipinski definition) is 6. The van der Waals surface area contributed by atoms with Crippen LogP contribution < -0.4 is 16.6 Å². The molecule has 2 heterocycles. The number of aromatic nitrogens is 3. The maximum absolute atomic E-state index is 11.9. The number of aliphatic hydroxyl groups excluding tert-OH is 2. The molecular formula is C12H17N5O3. The topological polar surface area (TPSA) is 140 Å². The zero-order chi connectivity index (χ0) is 14.3. The fourth-order valence-electron chi connectivity index (χ4n) is 2.68. The summed E-state index contributed by atoms with van der Waals surface area (Å²) in [5.74, 6) is 0.0678. The number of rotatable bonds is 3. The first-order valence-corrected chi connectivity index (χ1v) is 6.51. The lowest BCUT2D eigenvalue weighted by Gasteiger charge is -2.17. The van der Waals surface area contributed by atoms with Crippen molar-refractivity contribution in [1.29, 1.82) is 0 Å². The summed E-state index contributed by atoms with van der Waals surface area (Å²) in [5.41, 5.74) is 6.38. The molecule has 1 saturated carbocycles. The molecule has 0 radical (unpaired) electrons. The van der Waals surface area contributed by atoms with Crippen molar-refractivity contribution in [3.05, 3.63) is 22.1 Å². The molecule has 20 heavy (non-hydrogen) atoms. The maximum Gasteiger partial charge on any atom is 0.262 e. The van der Waals surface area contributed by atoms with E-state index >= 15 is 0 Å². The minimum atomic E-state index is -0.771. The van der Waals surface area contributed by atoms with Crippen LogP contribution in [-0.4, -0.2) is 43.4 Å². The number of aromatic amines is 2. The third-order valence-electron chi connectivity index (χ3n) is 3.78. The Kier molecular flexibility index (Phi) is 3.20. The van der Waals surface area contributed by atoms with Crippen LogP contribution in [0.3, 0.4) is 0 Å². The molecule has 0 spiro atoms. The normalized spacial score (nSPS) is 26.4. The van der Waals surface area contributed by atoms with Crippen molar-refractivity contribution in [3.8, 4) is 0 Å². The number of hydrogen-bond donors (Lipinski definition) is 6. The molecule has 1 aliphatic rings. The van der Waals surface area contributed by atoms with Crippen molar-refractivity contribution >= 4 is 17.0 Å². The van der Waals surface area contributed by atoms with Gasteiger partial charge < -0.3 is 26.2 Å². The predicted octanol–water partition coefficient (Wildman–Crippen LogP) is -1.19. The molecule has 108 valence electrons. The summed E-state index contributed by atoms with van der Waals surface area (Å²) in [6, 6.07) is -0.171. The number of nitrogens with zero attached hydrogens (tertiary/aromatic N) is 1. The molecule has 8 heteroatoms. The van der Waals surface area contributed by atoms with Gasteiger partial charge in [0.2, 0.25) is 5.95 Å². The third kappa shape index (κ3) is 2.17. The molecule has 0 bridgehead atoms. The molecular weight excluding hydrogens is 262 g/mol. The van der Waals surface area contributed by atoms with E-state index in [4.69, 9.17) is 5.73 Å². The lowest BCUT2D eigenvalue weighted by Crippen LogP contribution is -2.39. The Bertz CT molecular complexity index is 679. The Morgan fingerprint density at radius 1 is 1.45 bits per heavy atom. The third-order valence-corrected chi connectivity index (χ3v) is 3.78. The van der Waals surface area contributed by atoms with Gasteiger partial charge in [0.15, 0.2) is 0 Å². The summed E-state index contributed by atoms with van der Waals surface area (Å²) in [7, 11) is 0. The molecule has 2 aromatic heterocycles. The van der Waals surface area contributed by atoms with E-state index in [2.05, 4.69) is 20.3 Å². The first-order chi connectivity index (χ1) is 9.56. The second kappa shape index (κ2) is 4.89. The number of aliphatic hydroxyl groups is 2. The van der Waals surface area contributed by atoms with Crippen molar-refractivity contribution in [2.75, 3.05) is 5.73 Å². The van der Waals surface area contributed by atoms with Crippen molar-refractivity contribution in [2.24, 2.45) is 0 Å². The average Bonchev–Trinajstić information content (AvgIpc) is 2.93. The minimum absolute atomic E-state index is 0.0678. The van der Waals surface area contributed by atoms with Crippen LogP contribution >= 0.6 is 0 Å². The molecule has 0 amide bonds.